The van der Waals surface area contributed by atoms with Gasteiger partial charge in [-0.15, -0.1) is 11.8 Å². The number of rotatable bonds is 3. The molecule has 0 radical (unpaired) electrons. The van der Waals surface area contributed by atoms with Crippen LogP contribution in [0, 0.1) is 88.9 Å². The van der Waals surface area contributed by atoms with E-state index >= 15 is 0 Å². The zero-order valence-corrected chi connectivity index (χ0v) is 28.7. The molecule has 0 bridgehead atoms. The van der Waals surface area contributed by atoms with Crippen LogP contribution in [0.4, 0.5) is 0 Å². The predicted octanol–water partition coefficient (Wildman–Crippen LogP) is 10.3. The molecule has 1 heteroatoms. The van der Waals surface area contributed by atoms with Gasteiger partial charge in [0.05, 0.1) is 0 Å². The van der Waals surface area contributed by atoms with Gasteiger partial charge in [-0.1, -0.05) is 75.5 Å². The maximum Gasteiger partial charge on any atom is 0.0281 e. The number of hydrogen-bond donors (Lipinski definition) is 1. The molecule has 0 saturated carbocycles. The molecule has 0 aliphatic heterocycles. The number of aryl methyl sites for hydroxylation is 7. The molecule has 1 N–H and O–H groups in total. The van der Waals surface area contributed by atoms with Gasteiger partial charge in [-0.2, -0.15) is 0 Å². The van der Waals surface area contributed by atoms with Crippen LogP contribution in [0.3, 0.4) is 0 Å². The first kappa shape index (κ1) is 40.1. The molecule has 0 heterocycles. The van der Waals surface area contributed by atoms with Crippen LogP contribution in [0.15, 0.2) is 60.7 Å². The van der Waals surface area contributed by atoms with Crippen molar-refractivity contribution in [1.29, 1.82) is 0 Å². The highest BCUT2D eigenvalue weighted by Gasteiger charge is 2.04. The maximum absolute atomic E-state index is 3.36. The first-order valence-corrected chi connectivity index (χ1v) is 15.6. The number of benzene rings is 4. The Morgan fingerprint density at radius 1 is 0.489 bits per heavy atom. The average molecular weight is 620 g/mol. The Morgan fingerprint density at radius 2 is 0.872 bits per heavy atom. The molecule has 0 atom stereocenters. The minimum atomic E-state index is 0. The summed E-state index contributed by atoms with van der Waals surface area (Å²) in [4.78, 5) is 0. The zero-order chi connectivity index (χ0) is 32.9. The summed E-state index contributed by atoms with van der Waals surface area (Å²) in [5, 5.41) is 3.22. The Balaban J connectivity index is 0.000000454. The fourth-order valence-corrected chi connectivity index (χ4v) is 4.95. The quantitative estimate of drug-likeness (QED) is 0.225. The van der Waals surface area contributed by atoms with Gasteiger partial charge in [-0.25, -0.2) is 0 Å². The van der Waals surface area contributed by atoms with Crippen molar-refractivity contribution in [1.82, 2.24) is 5.32 Å². The third-order valence-electron chi connectivity index (χ3n) is 7.75. The minimum absolute atomic E-state index is 0. The lowest BCUT2D eigenvalue weighted by Gasteiger charge is -2.08. The van der Waals surface area contributed by atoms with Gasteiger partial charge in [0.2, 0.25) is 0 Å². The molecule has 0 unspecified atom stereocenters. The molecule has 1 nitrogen and oxygen atoms in total. The van der Waals surface area contributed by atoms with E-state index in [9.17, 15) is 0 Å². The summed E-state index contributed by atoms with van der Waals surface area (Å²) in [6.45, 7) is 19.4. The molecule has 0 spiro atoms. The van der Waals surface area contributed by atoms with E-state index < -0.39 is 0 Å². The summed E-state index contributed by atoms with van der Waals surface area (Å²) < 4.78 is 0. The first-order valence-electron chi connectivity index (χ1n) is 15.6. The second kappa shape index (κ2) is 19.6. The van der Waals surface area contributed by atoms with Gasteiger partial charge in [0, 0.05) is 39.9 Å². The minimum Gasteiger partial charge on any atom is -0.316 e. The van der Waals surface area contributed by atoms with Crippen molar-refractivity contribution in [3.8, 4) is 47.4 Å². The van der Waals surface area contributed by atoms with Crippen molar-refractivity contribution < 1.29 is 0 Å². The molecule has 242 valence electrons. The van der Waals surface area contributed by atoms with Gasteiger partial charge in [0.15, 0.2) is 0 Å². The molecule has 0 saturated heterocycles. The topological polar surface area (TPSA) is 12.0 Å². The lowest BCUT2D eigenvalue weighted by molar-refractivity contribution is 0.811. The molecular weight excluding hydrogens is 567 g/mol. The summed E-state index contributed by atoms with van der Waals surface area (Å²) >= 11 is 0. The standard InChI is InChI=1S/C23H25N.C21H20.2CH4/c1-7-8-20-12-19(5)21(13-18(20)4)9-10-22-14-23(15-24-6)17(3)11-16(22)2;1-5-7-20-14-17(4)21(15-16(20)3)13-12-19-10-8-18(6-2)9-11-19;;/h11-14,24H,15H2,1-6H3;8-11,14-15H,6H2,1-4H3;2*1H4. The molecule has 0 aliphatic rings. The molecule has 47 heavy (non-hydrogen) atoms. The Morgan fingerprint density at radius 3 is 1.28 bits per heavy atom. The SMILES string of the molecule is C.C.CC#Cc1cc(C)c(C#Cc2cc(CNC)c(C)cc2C)cc1C.CC#Cc1cc(C)c(C#Cc2ccc(CC)cc2)cc1C. The second-order valence-corrected chi connectivity index (χ2v) is 11.4. The van der Waals surface area contributed by atoms with E-state index in [1.807, 2.05) is 20.9 Å². The van der Waals surface area contributed by atoms with Gasteiger partial charge < -0.3 is 5.32 Å². The average Bonchev–Trinajstić information content (AvgIpc) is 3.02. The van der Waals surface area contributed by atoms with Crippen LogP contribution in [-0.4, -0.2) is 7.05 Å². The maximum atomic E-state index is 3.36. The summed E-state index contributed by atoms with van der Waals surface area (Å²) in [6.07, 6.45) is 1.06. The van der Waals surface area contributed by atoms with E-state index in [1.165, 1.54) is 44.5 Å². The Kier molecular flexibility index (Phi) is 16.7. The Labute approximate surface area is 287 Å². The number of hydrogen-bond acceptors (Lipinski definition) is 1. The van der Waals surface area contributed by atoms with Crippen LogP contribution < -0.4 is 5.32 Å². The van der Waals surface area contributed by atoms with Gasteiger partial charge in [0.25, 0.3) is 0 Å². The van der Waals surface area contributed by atoms with Crippen molar-refractivity contribution in [3.63, 3.8) is 0 Å². The van der Waals surface area contributed by atoms with Crippen LogP contribution in [0.1, 0.15) is 114 Å². The van der Waals surface area contributed by atoms with Gasteiger partial charge in [-0.05, 0) is 156 Å². The lowest BCUT2D eigenvalue weighted by Crippen LogP contribution is -2.07. The molecule has 0 aromatic heterocycles. The van der Waals surface area contributed by atoms with Crippen molar-refractivity contribution in [2.24, 2.45) is 0 Å². The van der Waals surface area contributed by atoms with Crippen molar-refractivity contribution in [2.75, 3.05) is 7.05 Å². The predicted molar refractivity (Wildman–Crippen MR) is 207 cm³/mol. The molecule has 0 amide bonds. The largest absolute Gasteiger partial charge is 0.316 e. The van der Waals surface area contributed by atoms with Crippen LogP contribution in [0.25, 0.3) is 0 Å². The third kappa shape index (κ3) is 11.4. The van der Waals surface area contributed by atoms with E-state index in [1.54, 1.807) is 0 Å². The second-order valence-electron chi connectivity index (χ2n) is 11.4. The highest BCUT2D eigenvalue weighted by atomic mass is 14.8. The molecule has 4 aromatic rings. The summed E-state index contributed by atoms with van der Waals surface area (Å²) in [5.41, 5.74) is 16.4. The smallest absolute Gasteiger partial charge is 0.0281 e. The van der Waals surface area contributed by atoms with Crippen molar-refractivity contribution in [3.05, 3.63) is 139 Å². The van der Waals surface area contributed by atoms with Crippen LogP contribution in [0.5, 0.6) is 0 Å². The normalized spacial score (nSPS) is 9.15. The fraction of sp³-hybridized carbons (Fsp3) is 0.304. The Hall–Kier alpha value is -4.92. The van der Waals surface area contributed by atoms with E-state index in [0.29, 0.717) is 0 Å². The molecular formula is C46H53N. The molecule has 4 rings (SSSR count). The summed E-state index contributed by atoms with van der Waals surface area (Å²) in [5.74, 6) is 25.4. The lowest BCUT2D eigenvalue weighted by atomic mass is 9.98. The molecule has 4 aromatic carbocycles. The third-order valence-corrected chi connectivity index (χ3v) is 7.75. The van der Waals surface area contributed by atoms with Crippen LogP contribution in [0.2, 0.25) is 0 Å². The van der Waals surface area contributed by atoms with E-state index in [2.05, 4.69) is 162 Å². The number of nitrogens with one attached hydrogen (secondary N) is 1. The van der Waals surface area contributed by atoms with Gasteiger partial charge in [0.1, 0.15) is 0 Å². The monoisotopic (exact) mass is 619 g/mol. The Bertz CT molecular complexity index is 1910. The fourth-order valence-electron chi connectivity index (χ4n) is 4.95. The van der Waals surface area contributed by atoms with E-state index in [0.717, 1.165) is 46.3 Å². The highest BCUT2D eigenvalue weighted by Crippen LogP contribution is 2.18. The zero-order valence-electron chi connectivity index (χ0n) is 28.7. The van der Waals surface area contributed by atoms with Gasteiger partial charge in [-0.3, -0.25) is 0 Å². The van der Waals surface area contributed by atoms with E-state index in [4.69, 9.17) is 0 Å². The summed E-state index contributed by atoms with van der Waals surface area (Å²) in [7, 11) is 1.97. The van der Waals surface area contributed by atoms with Gasteiger partial charge >= 0.3 is 0 Å². The van der Waals surface area contributed by atoms with Crippen molar-refractivity contribution >= 4 is 0 Å². The first-order chi connectivity index (χ1) is 21.6. The molecule has 0 fully saturated rings. The van der Waals surface area contributed by atoms with Crippen LogP contribution in [-0.2, 0) is 13.0 Å². The van der Waals surface area contributed by atoms with Crippen LogP contribution >= 0.6 is 0 Å². The highest BCUT2D eigenvalue weighted by molar-refractivity contribution is 5.55. The van der Waals surface area contributed by atoms with E-state index in [-0.39, 0.29) is 14.9 Å². The molecule has 0 aliphatic carbocycles. The van der Waals surface area contributed by atoms with Crippen molar-refractivity contribution in [2.45, 2.75) is 90.1 Å². The summed E-state index contributed by atoms with van der Waals surface area (Å²) in [6, 6.07) is 21.4.